The van der Waals surface area contributed by atoms with Gasteiger partial charge >= 0.3 is 5.69 Å². The number of nitrogens with one attached hydrogen (secondary N) is 1. The van der Waals surface area contributed by atoms with Crippen LogP contribution in [-0.4, -0.2) is 25.2 Å². The van der Waals surface area contributed by atoms with Crippen molar-refractivity contribution < 1.29 is 14.4 Å². The van der Waals surface area contributed by atoms with E-state index in [-0.39, 0.29) is 11.6 Å². The van der Waals surface area contributed by atoms with Crippen molar-refractivity contribution in [3.63, 3.8) is 0 Å². The van der Waals surface area contributed by atoms with Gasteiger partial charge in [-0.25, -0.2) is 9.37 Å². The minimum atomic E-state index is -0.698. The zero-order valence-corrected chi connectivity index (χ0v) is 12.2. The summed E-state index contributed by atoms with van der Waals surface area (Å²) in [4.78, 5) is 14.4. The lowest BCUT2D eigenvalue weighted by atomic mass is 10.1. The molecule has 0 amide bonds. The van der Waals surface area contributed by atoms with Gasteiger partial charge < -0.3 is 10.8 Å². The molecule has 24 heavy (non-hydrogen) atoms. The van der Waals surface area contributed by atoms with Crippen LogP contribution in [0.2, 0.25) is 0 Å². The number of halogens is 1. The van der Waals surface area contributed by atoms with E-state index in [4.69, 9.17) is 5.73 Å². The Morgan fingerprint density at radius 1 is 1.25 bits per heavy atom. The summed E-state index contributed by atoms with van der Waals surface area (Å²) in [5.74, 6) is -0.291. The van der Waals surface area contributed by atoms with Gasteiger partial charge in [-0.1, -0.05) is 12.1 Å². The maximum atomic E-state index is 13.0. The van der Waals surface area contributed by atoms with Crippen LogP contribution in [0.15, 0.2) is 42.5 Å². The maximum absolute atomic E-state index is 13.0. The Bertz CT molecular complexity index is 894. The number of phenols is 1. The molecule has 0 saturated carbocycles. The Morgan fingerprint density at radius 3 is 2.62 bits per heavy atom. The second-order valence-corrected chi connectivity index (χ2v) is 5.03. The van der Waals surface area contributed by atoms with E-state index in [1.54, 1.807) is 0 Å². The Labute approximate surface area is 134 Å². The molecule has 9 heteroatoms. The normalized spacial score (nSPS) is 12.1. The Hall–Kier alpha value is -3.33. The SMILES string of the molecule is N[C@@H](c1ccc(F)cc1)c1nc(-c2ccc(O)c([N+](=O)[O-])c2)n[nH]1. The van der Waals surface area contributed by atoms with Crippen LogP contribution in [0.3, 0.4) is 0 Å². The van der Waals surface area contributed by atoms with Crippen molar-refractivity contribution in [2.24, 2.45) is 5.73 Å². The highest BCUT2D eigenvalue weighted by molar-refractivity contribution is 5.63. The van der Waals surface area contributed by atoms with E-state index in [1.165, 1.54) is 42.5 Å². The van der Waals surface area contributed by atoms with Crippen molar-refractivity contribution in [3.05, 3.63) is 69.8 Å². The molecule has 4 N–H and O–H groups in total. The number of nitrogens with zero attached hydrogens (tertiary/aromatic N) is 3. The molecule has 2 aromatic carbocycles. The Morgan fingerprint density at radius 2 is 1.96 bits per heavy atom. The van der Waals surface area contributed by atoms with Gasteiger partial charge in [-0.2, -0.15) is 5.10 Å². The summed E-state index contributed by atoms with van der Waals surface area (Å²) >= 11 is 0. The molecule has 0 saturated heterocycles. The fourth-order valence-electron chi connectivity index (χ4n) is 2.18. The first-order chi connectivity index (χ1) is 11.5. The van der Waals surface area contributed by atoms with Gasteiger partial charge in [0.1, 0.15) is 11.6 Å². The van der Waals surface area contributed by atoms with E-state index in [9.17, 15) is 19.6 Å². The molecule has 0 spiro atoms. The van der Waals surface area contributed by atoms with Crippen molar-refractivity contribution in [3.8, 4) is 17.1 Å². The Balaban J connectivity index is 1.92. The predicted molar refractivity (Wildman–Crippen MR) is 82.6 cm³/mol. The number of aromatic hydroxyl groups is 1. The van der Waals surface area contributed by atoms with Gasteiger partial charge in [0.15, 0.2) is 11.6 Å². The van der Waals surface area contributed by atoms with Gasteiger partial charge in [0.2, 0.25) is 0 Å². The van der Waals surface area contributed by atoms with E-state index in [0.29, 0.717) is 17.0 Å². The summed E-state index contributed by atoms with van der Waals surface area (Å²) in [5, 5.41) is 27.0. The topological polar surface area (TPSA) is 131 Å². The van der Waals surface area contributed by atoms with E-state index >= 15 is 0 Å². The number of benzene rings is 2. The number of phenolic OH excluding ortho intramolecular Hbond substituents is 1. The highest BCUT2D eigenvalue weighted by Crippen LogP contribution is 2.30. The van der Waals surface area contributed by atoms with E-state index in [2.05, 4.69) is 15.2 Å². The number of aromatic amines is 1. The second kappa shape index (κ2) is 6.05. The fourth-order valence-corrected chi connectivity index (χ4v) is 2.18. The third-order valence-electron chi connectivity index (χ3n) is 3.46. The van der Waals surface area contributed by atoms with Gasteiger partial charge in [0.25, 0.3) is 0 Å². The van der Waals surface area contributed by atoms with E-state index in [1.807, 2.05) is 0 Å². The van der Waals surface area contributed by atoms with Gasteiger partial charge in [-0.15, -0.1) is 0 Å². The number of rotatable bonds is 4. The molecule has 1 atom stereocenters. The van der Waals surface area contributed by atoms with Crippen LogP contribution in [0.5, 0.6) is 5.75 Å². The standard InChI is InChI=1S/C15H12FN5O3/c16-10-4-1-8(2-5-10)13(17)15-18-14(19-20-15)9-3-6-12(22)11(7-9)21(23)24/h1-7,13,22H,17H2,(H,18,19,20)/t13-/m0/s1. The van der Waals surface area contributed by atoms with Gasteiger partial charge in [-0.3, -0.25) is 15.2 Å². The van der Waals surface area contributed by atoms with Crippen molar-refractivity contribution in [1.82, 2.24) is 15.2 Å². The number of aromatic nitrogens is 3. The quantitative estimate of drug-likeness (QED) is 0.497. The van der Waals surface area contributed by atoms with Crippen LogP contribution in [0.4, 0.5) is 10.1 Å². The van der Waals surface area contributed by atoms with Crippen LogP contribution in [0, 0.1) is 15.9 Å². The molecule has 3 aromatic rings. The molecule has 0 aliphatic rings. The lowest BCUT2D eigenvalue weighted by Crippen LogP contribution is -2.13. The first-order valence-electron chi connectivity index (χ1n) is 6.87. The lowest BCUT2D eigenvalue weighted by molar-refractivity contribution is -0.385. The van der Waals surface area contributed by atoms with E-state index < -0.39 is 22.4 Å². The van der Waals surface area contributed by atoms with Crippen LogP contribution in [0.25, 0.3) is 11.4 Å². The summed E-state index contributed by atoms with van der Waals surface area (Å²) < 4.78 is 13.0. The highest BCUT2D eigenvalue weighted by Gasteiger charge is 2.18. The zero-order chi connectivity index (χ0) is 17.3. The van der Waals surface area contributed by atoms with Crippen molar-refractivity contribution in [2.45, 2.75) is 6.04 Å². The molecular weight excluding hydrogens is 317 g/mol. The third kappa shape index (κ3) is 2.92. The second-order valence-electron chi connectivity index (χ2n) is 5.03. The van der Waals surface area contributed by atoms with Gasteiger partial charge in [0, 0.05) is 11.6 Å². The molecule has 0 radical (unpaired) electrons. The largest absolute Gasteiger partial charge is 0.502 e. The minimum Gasteiger partial charge on any atom is -0.502 e. The van der Waals surface area contributed by atoms with Gasteiger partial charge in [-0.05, 0) is 29.8 Å². The highest BCUT2D eigenvalue weighted by atomic mass is 19.1. The molecule has 1 heterocycles. The monoisotopic (exact) mass is 329 g/mol. The van der Waals surface area contributed by atoms with Crippen molar-refractivity contribution in [1.29, 1.82) is 0 Å². The molecule has 0 unspecified atom stereocenters. The smallest absolute Gasteiger partial charge is 0.311 e. The summed E-state index contributed by atoms with van der Waals surface area (Å²) in [7, 11) is 0. The number of hydrogen-bond donors (Lipinski definition) is 3. The number of hydrogen-bond acceptors (Lipinski definition) is 6. The minimum absolute atomic E-state index is 0.200. The molecular formula is C15H12FN5O3. The van der Waals surface area contributed by atoms with E-state index in [0.717, 1.165) is 0 Å². The van der Waals surface area contributed by atoms with Gasteiger partial charge in [0.05, 0.1) is 11.0 Å². The fraction of sp³-hybridized carbons (Fsp3) is 0.0667. The first kappa shape index (κ1) is 15.6. The Kier molecular flexibility index (Phi) is 3.92. The number of nitro benzene ring substituents is 1. The first-order valence-corrected chi connectivity index (χ1v) is 6.87. The average molecular weight is 329 g/mol. The predicted octanol–water partition coefficient (Wildman–Crippen LogP) is 2.27. The molecule has 0 aliphatic carbocycles. The summed E-state index contributed by atoms with van der Waals surface area (Å²) in [6.45, 7) is 0. The number of nitrogens with two attached hydrogens (primary N) is 1. The van der Waals surface area contributed by atoms with Crippen LogP contribution >= 0.6 is 0 Å². The maximum Gasteiger partial charge on any atom is 0.311 e. The number of H-pyrrole nitrogens is 1. The van der Waals surface area contributed by atoms with Crippen molar-refractivity contribution in [2.75, 3.05) is 0 Å². The lowest BCUT2D eigenvalue weighted by Gasteiger charge is -2.07. The molecule has 0 fully saturated rings. The molecule has 3 rings (SSSR count). The third-order valence-corrected chi connectivity index (χ3v) is 3.46. The van der Waals surface area contributed by atoms with Crippen LogP contribution in [-0.2, 0) is 0 Å². The molecule has 8 nitrogen and oxygen atoms in total. The zero-order valence-electron chi connectivity index (χ0n) is 12.2. The molecule has 0 bridgehead atoms. The summed E-state index contributed by atoms with van der Waals surface area (Å²) in [6.07, 6.45) is 0. The van der Waals surface area contributed by atoms with Crippen LogP contribution in [0.1, 0.15) is 17.4 Å². The average Bonchev–Trinajstić information content (AvgIpc) is 3.05. The molecule has 122 valence electrons. The van der Waals surface area contributed by atoms with Crippen LogP contribution < -0.4 is 5.73 Å². The number of nitro groups is 1. The summed E-state index contributed by atoms with van der Waals surface area (Å²) in [5.41, 5.74) is 6.60. The summed E-state index contributed by atoms with van der Waals surface area (Å²) in [6, 6.07) is 8.82. The molecule has 0 aliphatic heterocycles. The molecule has 1 aromatic heterocycles. The van der Waals surface area contributed by atoms with Crippen molar-refractivity contribution >= 4 is 5.69 Å².